The molecule has 0 aliphatic rings. The van der Waals surface area contributed by atoms with Gasteiger partial charge in [0.25, 0.3) is 11.8 Å². The van der Waals surface area contributed by atoms with Crippen molar-refractivity contribution in [3.05, 3.63) is 133 Å². The van der Waals surface area contributed by atoms with Crippen molar-refractivity contribution in [1.82, 2.24) is 0 Å². The molecule has 3 aromatic carbocycles. The van der Waals surface area contributed by atoms with E-state index in [0.29, 0.717) is 22.5 Å². The van der Waals surface area contributed by atoms with Crippen LogP contribution in [0.3, 0.4) is 0 Å². The summed E-state index contributed by atoms with van der Waals surface area (Å²) < 4.78 is 4.25. The highest BCUT2D eigenvalue weighted by molar-refractivity contribution is 6.07. The highest BCUT2D eigenvalue weighted by atomic mass is 16.2. The van der Waals surface area contributed by atoms with Crippen LogP contribution in [0.4, 0.5) is 11.4 Å². The largest absolute Gasteiger partial charge is 0.322 e. The van der Waals surface area contributed by atoms with E-state index in [1.54, 1.807) is 24.3 Å². The first-order valence-corrected chi connectivity index (χ1v) is 13.4. The fraction of sp³-hybridized carbons (Fsp3) is 0.118. The molecule has 2 N–H and O–H groups in total. The summed E-state index contributed by atoms with van der Waals surface area (Å²) in [6, 6.07) is 30.4. The zero-order chi connectivity index (χ0) is 27.9. The van der Waals surface area contributed by atoms with Gasteiger partial charge in [0.05, 0.1) is 0 Å². The molecule has 5 rings (SSSR count). The molecule has 40 heavy (non-hydrogen) atoms. The van der Waals surface area contributed by atoms with Crippen molar-refractivity contribution in [2.45, 2.75) is 26.9 Å². The number of carbonyl (C=O) groups excluding carboxylic acids is 2. The van der Waals surface area contributed by atoms with Crippen molar-refractivity contribution in [3.63, 3.8) is 0 Å². The van der Waals surface area contributed by atoms with Crippen LogP contribution in [0.25, 0.3) is 22.3 Å². The molecule has 6 heteroatoms. The Balaban J connectivity index is 1.19. The highest BCUT2D eigenvalue weighted by Gasteiger charge is 2.11. The number of carbonyl (C=O) groups is 2. The Bertz CT molecular complexity index is 1500. The Labute approximate surface area is 234 Å². The van der Waals surface area contributed by atoms with E-state index in [1.165, 1.54) is 0 Å². The highest BCUT2D eigenvalue weighted by Crippen LogP contribution is 2.22. The third-order valence-electron chi connectivity index (χ3n) is 6.81. The fourth-order valence-electron chi connectivity index (χ4n) is 4.45. The van der Waals surface area contributed by atoms with Gasteiger partial charge in [0.1, 0.15) is 13.1 Å². The second-order valence-corrected chi connectivity index (χ2v) is 9.49. The average molecular weight is 529 g/mol. The van der Waals surface area contributed by atoms with Crippen LogP contribution in [-0.4, -0.2) is 11.8 Å². The normalized spacial score (nSPS) is 10.7. The first kappa shape index (κ1) is 26.5. The molecular weight excluding hydrogens is 496 g/mol. The Kier molecular flexibility index (Phi) is 8.07. The summed E-state index contributed by atoms with van der Waals surface area (Å²) >= 11 is 0. The summed E-state index contributed by atoms with van der Waals surface area (Å²) in [5.41, 5.74) is 6.76. The number of aryl methyl sites for hydroxylation is 2. The van der Waals surface area contributed by atoms with E-state index in [9.17, 15) is 9.59 Å². The van der Waals surface area contributed by atoms with E-state index in [-0.39, 0.29) is 11.8 Å². The Hall–Kier alpha value is -5.10. The number of anilines is 2. The molecule has 0 saturated heterocycles. The van der Waals surface area contributed by atoms with Crippen LogP contribution in [0.15, 0.2) is 122 Å². The first-order valence-electron chi connectivity index (χ1n) is 13.4. The number of hydrogen-bond donors (Lipinski definition) is 2. The number of amides is 2. The topological polar surface area (TPSA) is 66.0 Å². The maximum atomic E-state index is 12.8. The number of hydrogen-bond acceptors (Lipinski definition) is 2. The van der Waals surface area contributed by atoms with Crippen molar-refractivity contribution in [1.29, 1.82) is 0 Å². The molecule has 0 spiro atoms. The van der Waals surface area contributed by atoms with E-state index in [2.05, 4.69) is 58.1 Å². The zero-order valence-corrected chi connectivity index (χ0v) is 22.7. The smallest absolute Gasteiger partial charge is 0.255 e. The first-order chi connectivity index (χ1) is 19.5. The molecule has 0 bridgehead atoms. The number of benzene rings is 3. The van der Waals surface area contributed by atoms with Gasteiger partial charge in [-0.05, 0) is 85.6 Å². The second kappa shape index (κ2) is 12.2. The predicted octanol–water partition coefficient (Wildman–Crippen LogP) is 6.14. The lowest BCUT2D eigenvalue weighted by Crippen LogP contribution is -2.30. The molecule has 2 aromatic heterocycles. The van der Waals surface area contributed by atoms with E-state index in [0.717, 1.165) is 35.3 Å². The summed E-state index contributed by atoms with van der Waals surface area (Å²) in [6.45, 7) is 6.02. The number of nitrogens with zero attached hydrogens (tertiary/aromatic N) is 2. The van der Waals surface area contributed by atoms with Crippen LogP contribution in [0.1, 0.15) is 34.6 Å². The minimum atomic E-state index is -0.232. The molecule has 0 fully saturated rings. The summed E-state index contributed by atoms with van der Waals surface area (Å²) in [6.07, 6.45) is 8.28. The molecule has 198 valence electrons. The SMILES string of the molecule is CC[n+]1cccc(-c2ccc(NC(=O)c3ccc(C(=O)Nc4ccc(-c5ccc[n+](CC)c5)cc4)cc3)cc2)c1. The van der Waals surface area contributed by atoms with Crippen LogP contribution in [0.5, 0.6) is 0 Å². The number of pyridine rings is 2. The second-order valence-electron chi connectivity index (χ2n) is 9.49. The molecule has 0 aliphatic heterocycles. The summed E-state index contributed by atoms with van der Waals surface area (Å²) in [7, 11) is 0. The fourth-order valence-corrected chi connectivity index (χ4v) is 4.45. The lowest BCUT2D eigenvalue weighted by Gasteiger charge is -2.09. The van der Waals surface area contributed by atoms with Gasteiger partial charge in [-0.3, -0.25) is 9.59 Å². The minimum absolute atomic E-state index is 0.232. The molecule has 5 aromatic rings. The Morgan fingerprint density at radius 3 is 1.25 bits per heavy atom. The predicted molar refractivity (Wildman–Crippen MR) is 158 cm³/mol. The van der Waals surface area contributed by atoms with Gasteiger partial charge in [-0.2, -0.15) is 0 Å². The van der Waals surface area contributed by atoms with Gasteiger partial charge in [-0.1, -0.05) is 24.3 Å². The average Bonchev–Trinajstić information content (AvgIpc) is 3.02. The summed E-state index contributed by atoms with van der Waals surface area (Å²) in [4.78, 5) is 25.6. The van der Waals surface area contributed by atoms with Crippen molar-refractivity contribution in [3.8, 4) is 22.3 Å². The van der Waals surface area contributed by atoms with Crippen molar-refractivity contribution >= 4 is 23.2 Å². The van der Waals surface area contributed by atoms with Gasteiger partial charge in [0.2, 0.25) is 0 Å². The number of aromatic nitrogens is 2. The molecule has 0 atom stereocenters. The Morgan fingerprint density at radius 2 is 0.900 bits per heavy atom. The van der Waals surface area contributed by atoms with E-state index in [1.807, 2.05) is 73.1 Å². The monoisotopic (exact) mass is 528 g/mol. The van der Waals surface area contributed by atoms with Crippen LogP contribution in [-0.2, 0) is 13.1 Å². The molecule has 0 unspecified atom stereocenters. The lowest BCUT2D eigenvalue weighted by atomic mass is 10.1. The van der Waals surface area contributed by atoms with Gasteiger partial charge >= 0.3 is 0 Å². The number of nitrogens with one attached hydrogen (secondary N) is 2. The lowest BCUT2D eigenvalue weighted by molar-refractivity contribution is -0.693. The molecular formula is C34H32N4O2+2. The summed E-state index contributed by atoms with van der Waals surface area (Å²) in [5.74, 6) is -0.465. The van der Waals surface area contributed by atoms with E-state index < -0.39 is 0 Å². The van der Waals surface area contributed by atoms with Crippen LogP contribution in [0.2, 0.25) is 0 Å². The standard InChI is InChI=1S/C34H30N4O2/c1-3-37-21-5-7-29(23-37)25-13-17-31(18-14-25)35-33(39)27-9-11-28(12-10-27)34(40)36-32-19-15-26(16-20-32)30-8-6-22-38(4-2)24-30/h5-24H,3-4H2,1-2H3/p+2. The summed E-state index contributed by atoms with van der Waals surface area (Å²) in [5, 5.41) is 5.86. The van der Waals surface area contributed by atoms with E-state index >= 15 is 0 Å². The molecule has 6 nitrogen and oxygen atoms in total. The molecule has 0 radical (unpaired) electrons. The maximum absolute atomic E-state index is 12.8. The van der Waals surface area contributed by atoms with Crippen molar-refractivity contribution < 1.29 is 18.7 Å². The molecule has 2 amide bonds. The third kappa shape index (κ3) is 6.30. The molecule has 0 aliphatic carbocycles. The van der Waals surface area contributed by atoms with Gasteiger partial charge in [0.15, 0.2) is 24.8 Å². The quantitative estimate of drug-likeness (QED) is 0.238. The van der Waals surface area contributed by atoms with E-state index in [4.69, 9.17) is 0 Å². The van der Waals surface area contributed by atoms with Crippen LogP contribution < -0.4 is 19.8 Å². The molecule has 0 saturated carbocycles. The van der Waals surface area contributed by atoms with Crippen molar-refractivity contribution in [2.75, 3.05) is 10.6 Å². The van der Waals surface area contributed by atoms with Gasteiger partial charge < -0.3 is 10.6 Å². The van der Waals surface area contributed by atoms with Gasteiger partial charge in [0, 0.05) is 45.8 Å². The van der Waals surface area contributed by atoms with Gasteiger partial charge in [-0.15, -0.1) is 0 Å². The van der Waals surface area contributed by atoms with Crippen molar-refractivity contribution in [2.24, 2.45) is 0 Å². The minimum Gasteiger partial charge on any atom is -0.322 e. The number of rotatable bonds is 8. The third-order valence-corrected chi connectivity index (χ3v) is 6.81. The zero-order valence-electron chi connectivity index (χ0n) is 22.7. The molecule has 2 heterocycles. The van der Waals surface area contributed by atoms with Gasteiger partial charge in [-0.25, -0.2) is 9.13 Å². The van der Waals surface area contributed by atoms with Crippen LogP contribution >= 0.6 is 0 Å². The van der Waals surface area contributed by atoms with Crippen LogP contribution in [0, 0.1) is 0 Å². The Morgan fingerprint density at radius 1 is 0.525 bits per heavy atom. The maximum Gasteiger partial charge on any atom is 0.255 e.